The van der Waals surface area contributed by atoms with Gasteiger partial charge in [0.1, 0.15) is 11.3 Å². The molecule has 0 aliphatic carbocycles. The minimum atomic E-state index is -1.16. The fourth-order valence-corrected chi connectivity index (χ4v) is 7.36. The normalized spacial score (nSPS) is 24.5. The molecular formula is C34H34N2O7. The minimum Gasteiger partial charge on any atom is -0.504 e. The maximum absolute atomic E-state index is 14.3. The third kappa shape index (κ3) is 4.64. The van der Waals surface area contributed by atoms with Crippen LogP contribution in [0.4, 0.5) is 5.69 Å². The number of anilines is 1. The number of Topliss-reactive ketones (excluding diaryl/α,β-unsaturated/α-hetero) is 1. The van der Waals surface area contributed by atoms with E-state index >= 15 is 0 Å². The molecule has 1 spiro atoms. The third-order valence-electron chi connectivity index (χ3n) is 9.11. The van der Waals surface area contributed by atoms with Crippen LogP contribution < -0.4 is 14.8 Å². The molecule has 9 heteroatoms. The van der Waals surface area contributed by atoms with Gasteiger partial charge in [-0.3, -0.25) is 19.3 Å². The number of fused-ring (bicyclic) bond motifs is 4. The van der Waals surface area contributed by atoms with Crippen LogP contribution in [0.2, 0.25) is 0 Å². The molecule has 3 aromatic carbocycles. The van der Waals surface area contributed by atoms with Gasteiger partial charge in [-0.05, 0) is 66.9 Å². The molecule has 3 heterocycles. The van der Waals surface area contributed by atoms with Crippen LogP contribution in [-0.4, -0.2) is 59.4 Å². The summed E-state index contributed by atoms with van der Waals surface area (Å²) in [6, 6.07) is 17.0. The van der Waals surface area contributed by atoms with Crippen LogP contribution in [0, 0.1) is 5.92 Å². The van der Waals surface area contributed by atoms with E-state index in [4.69, 9.17) is 9.47 Å². The molecule has 0 aromatic heterocycles. The van der Waals surface area contributed by atoms with Crippen molar-refractivity contribution < 1.29 is 34.1 Å². The van der Waals surface area contributed by atoms with Crippen LogP contribution in [0.3, 0.4) is 0 Å². The minimum absolute atomic E-state index is 0.0113. The number of hydrogen-bond donors (Lipinski definition) is 3. The van der Waals surface area contributed by atoms with Crippen molar-refractivity contribution in [2.75, 3.05) is 26.1 Å². The monoisotopic (exact) mass is 582 g/mol. The summed E-state index contributed by atoms with van der Waals surface area (Å²) < 4.78 is 10.6. The number of piperidine rings is 1. The van der Waals surface area contributed by atoms with Crippen molar-refractivity contribution in [2.45, 2.75) is 43.2 Å². The lowest BCUT2D eigenvalue weighted by Gasteiger charge is -2.41. The van der Waals surface area contributed by atoms with Crippen molar-refractivity contribution in [2.24, 2.45) is 5.92 Å². The number of ether oxygens (including phenoxy) is 2. The zero-order chi connectivity index (χ0) is 30.3. The molecule has 3 aliphatic rings. The number of methoxy groups -OCH3 is 2. The first kappa shape index (κ1) is 28.5. The van der Waals surface area contributed by atoms with Crippen molar-refractivity contribution in [3.63, 3.8) is 0 Å². The van der Waals surface area contributed by atoms with Gasteiger partial charge in [0.15, 0.2) is 28.8 Å². The number of phenolic OH excluding ortho intramolecular Hbond substituents is 2. The van der Waals surface area contributed by atoms with Crippen molar-refractivity contribution in [3.05, 3.63) is 83.4 Å². The predicted molar refractivity (Wildman–Crippen MR) is 160 cm³/mol. The molecule has 1 amide bonds. The predicted octanol–water partition coefficient (Wildman–Crippen LogP) is 4.77. The Morgan fingerprint density at radius 1 is 1.00 bits per heavy atom. The molecule has 0 saturated carbocycles. The summed E-state index contributed by atoms with van der Waals surface area (Å²) in [5.41, 5.74) is 1.69. The zero-order valence-electron chi connectivity index (χ0n) is 24.1. The Morgan fingerprint density at radius 3 is 2.49 bits per heavy atom. The van der Waals surface area contributed by atoms with Crippen LogP contribution in [0.15, 0.2) is 66.7 Å². The lowest BCUT2D eigenvalue weighted by atomic mass is 9.69. The summed E-state index contributed by atoms with van der Waals surface area (Å²) in [4.78, 5) is 43.9. The molecule has 4 unspecified atom stereocenters. The number of benzene rings is 3. The summed E-state index contributed by atoms with van der Waals surface area (Å²) >= 11 is 0. The van der Waals surface area contributed by atoms with Gasteiger partial charge >= 0.3 is 0 Å². The first-order valence-electron chi connectivity index (χ1n) is 14.4. The lowest BCUT2D eigenvalue weighted by molar-refractivity contribution is -0.129. The summed E-state index contributed by atoms with van der Waals surface area (Å²) in [5, 5.41) is 23.3. The highest BCUT2D eigenvalue weighted by molar-refractivity contribution is 6.10. The standard InChI is InChI=1S/C34H34N2O7/c1-42-29-17-20(11-14-26(29)38)10-13-22(37)19-28(40)31-25-9-5-6-16-36(25)34(23-7-3-4-8-24(23)35-33(34)41)32(31)21-12-15-27(39)30(18-21)43-2/h3-4,7-8,10-15,17-18,25,31-32,38-39H,5-6,9,16,19H2,1-2H3,(H,35,41)/b13-10+. The van der Waals surface area contributed by atoms with Crippen LogP contribution in [0.1, 0.15) is 48.3 Å². The molecule has 6 rings (SSSR count). The third-order valence-corrected chi connectivity index (χ3v) is 9.11. The quantitative estimate of drug-likeness (QED) is 0.256. The van der Waals surface area contributed by atoms with E-state index in [0.29, 0.717) is 23.4 Å². The Kier molecular flexibility index (Phi) is 7.43. The van der Waals surface area contributed by atoms with Gasteiger partial charge in [0.25, 0.3) is 0 Å². The number of allylic oxidation sites excluding steroid dienone is 1. The molecule has 4 atom stereocenters. The van der Waals surface area contributed by atoms with Crippen LogP contribution in [-0.2, 0) is 19.9 Å². The summed E-state index contributed by atoms with van der Waals surface area (Å²) in [5.74, 6) is -1.60. The molecule has 2 saturated heterocycles. The molecule has 0 bridgehead atoms. The Morgan fingerprint density at radius 2 is 1.72 bits per heavy atom. The highest BCUT2D eigenvalue weighted by atomic mass is 16.5. The SMILES string of the molecule is COc1cc(/C=C/C(=O)CC(=O)C2C3CCCCN3C3(C(=O)Nc4ccccc43)C2c2ccc(O)c(OC)c2)ccc1O. The van der Waals surface area contributed by atoms with E-state index in [1.807, 2.05) is 24.3 Å². The van der Waals surface area contributed by atoms with Crippen molar-refractivity contribution >= 4 is 29.2 Å². The largest absolute Gasteiger partial charge is 0.504 e. The maximum atomic E-state index is 14.3. The number of hydrogen-bond acceptors (Lipinski definition) is 8. The molecule has 3 aliphatic heterocycles. The highest BCUT2D eigenvalue weighted by Crippen LogP contribution is 2.61. The number of carbonyl (C=O) groups excluding carboxylic acids is 3. The molecule has 2 fully saturated rings. The number of aromatic hydroxyl groups is 2. The topological polar surface area (TPSA) is 125 Å². The number of nitrogens with one attached hydrogen (secondary N) is 1. The summed E-state index contributed by atoms with van der Waals surface area (Å²) in [6.07, 6.45) is 5.14. The van der Waals surface area contributed by atoms with E-state index in [0.717, 1.165) is 24.8 Å². The van der Waals surface area contributed by atoms with Gasteiger partial charge < -0.3 is 25.0 Å². The van der Waals surface area contributed by atoms with E-state index in [-0.39, 0.29) is 52.9 Å². The first-order chi connectivity index (χ1) is 20.8. The molecule has 222 valence electrons. The van der Waals surface area contributed by atoms with Gasteiger partial charge in [-0.2, -0.15) is 0 Å². The van der Waals surface area contributed by atoms with Gasteiger partial charge in [-0.1, -0.05) is 42.8 Å². The Labute approximate surface area is 249 Å². The molecule has 3 N–H and O–H groups in total. The van der Waals surface area contributed by atoms with Gasteiger partial charge in [0.2, 0.25) is 5.91 Å². The number of ketones is 2. The summed E-state index contributed by atoms with van der Waals surface area (Å²) in [7, 11) is 2.90. The van der Waals surface area contributed by atoms with E-state index in [1.165, 1.54) is 32.4 Å². The van der Waals surface area contributed by atoms with E-state index in [1.54, 1.807) is 30.3 Å². The second-order valence-electron chi connectivity index (χ2n) is 11.3. The maximum Gasteiger partial charge on any atom is 0.250 e. The summed E-state index contributed by atoms with van der Waals surface area (Å²) in [6.45, 7) is 0.637. The average molecular weight is 583 g/mol. The van der Waals surface area contributed by atoms with Crippen molar-refractivity contribution in [1.29, 1.82) is 0 Å². The van der Waals surface area contributed by atoms with Crippen molar-refractivity contribution in [3.8, 4) is 23.0 Å². The lowest BCUT2D eigenvalue weighted by Crippen LogP contribution is -2.53. The van der Waals surface area contributed by atoms with E-state index in [2.05, 4.69) is 10.2 Å². The van der Waals surface area contributed by atoms with E-state index in [9.17, 15) is 24.6 Å². The number of para-hydroxylation sites is 1. The van der Waals surface area contributed by atoms with Gasteiger partial charge in [-0.25, -0.2) is 0 Å². The zero-order valence-corrected chi connectivity index (χ0v) is 24.1. The van der Waals surface area contributed by atoms with Crippen LogP contribution in [0.25, 0.3) is 6.08 Å². The number of amides is 1. The number of carbonyl (C=O) groups is 3. The van der Waals surface area contributed by atoms with Gasteiger partial charge in [-0.15, -0.1) is 0 Å². The molecule has 0 radical (unpaired) electrons. The Hall–Kier alpha value is -4.63. The van der Waals surface area contributed by atoms with Crippen LogP contribution >= 0.6 is 0 Å². The fourth-order valence-electron chi connectivity index (χ4n) is 7.36. The Balaban J connectivity index is 1.41. The van der Waals surface area contributed by atoms with Gasteiger partial charge in [0, 0.05) is 29.1 Å². The second-order valence-corrected chi connectivity index (χ2v) is 11.3. The smallest absolute Gasteiger partial charge is 0.250 e. The van der Waals surface area contributed by atoms with E-state index < -0.39 is 17.4 Å². The fraction of sp³-hybridized carbons (Fsp3) is 0.324. The van der Waals surface area contributed by atoms with Gasteiger partial charge in [0.05, 0.1) is 20.6 Å². The number of phenols is 2. The first-order valence-corrected chi connectivity index (χ1v) is 14.4. The number of nitrogens with zero attached hydrogens (tertiary/aromatic N) is 1. The molecular weight excluding hydrogens is 548 g/mol. The highest BCUT2D eigenvalue weighted by Gasteiger charge is 2.68. The molecule has 9 nitrogen and oxygen atoms in total. The van der Waals surface area contributed by atoms with Crippen LogP contribution in [0.5, 0.6) is 23.0 Å². The number of rotatable bonds is 8. The Bertz CT molecular complexity index is 1630. The average Bonchev–Trinajstić information content (AvgIpc) is 3.49. The second kappa shape index (κ2) is 11.2. The molecule has 43 heavy (non-hydrogen) atoms. The molecule has 3 aromatic rings. The van der Waals surface area contributed by atoms with Crippen molar-refractivity contribution in [1.82, 2.24) is 4.90 Å².